The summed E-state index contributed by atoms with van der Waals surface area (Å²) in [6, 6.07) is 18.1. The highest BCUT2D eigenvalue weighted by Crippen LogP contribution is 2.45. The molecule has 2 aromatic carbocycles. The summed E-state index contributed by atoms with van der Waals surface area (Å²) in [5.74, 6) is -1.02. The first-order chi connectivity index (χ1) is 12.5. The number of hydrogen-bond acceptors (Lipinski definition) is 5. The molecule has 0 bridgehead atoms. The van der Waals surface area contributed by atoms with E-state index in [-0.39, 0.29) is 5.11 Å². The summed E-state index contributed by atoms with van der Waals surface area (Å²) in [5, 5.41) is 2.76. The predicted octanol–water partition coefficient (Wildman–Crippen LogP) is 3.33. The zero-order chi connectivity index (χ0) is 18.7. The first kappa shape index (κ1) is 17.9. The number of hydroxylamine groups is 4. The van der Waals surface area contributed by atoms with Crippen LogP contribution in [-0.4, -0.2) is 27.2 Å². The van der Waals surface area contributed by atoms with Gasteiger partial charge in [-0.05, 0) is 23.3 Å². The first-order valence-corrected chi connectivity index (χ1v) is 8.49. The Bertz CT molecular complexity index is 745. The van der Waals surface area contributed by atoms with Crippen LogP contribution in [0.2, 0.25) is 0 Å². The molecule has 2 atom stereocenters. The number of rotatable bonds is 4. The second-order valence-electron chi connectivity index (χ2n) is 5.81. The van der Waals surface area contributed by atoms with Crippen molar-refractivity contribution in [1.82, 2.24) is 10.1 Å². The SMILES string of the molecule is CC(=O)ON1C(=S)N(OC(C)=O)[C@H](c2ccccc2)[C@H]1c1ccccc1. The van der Waals surface area contributed by atoms with Crippen molar-refractivity contribution in [3.05, 3.63) is 71.8 Å². The van der Waals surface area contributed by atoms with E-state index in [1.54, 1.807) is 0 Å². The predicted molar refractivity (Wildman–Crippen MR) is 98.2 cm³/mol. The van der Waals surface area contributed by atoms with Gasteiger partial charge in [0.05, 0.1) is 0 Å². The number of nitrogens with zero attached hydrogens (tertiary/aromatic N) is 2. The smallest absolute Gasteiger partial charge is 0.329 e. The van der Waals surface area contributed by atoms with Gasteiger partial charge in [-0.15, -0.1) is 0 Å². The number of carbonyl (C=O) groups is 2. The Morgan fingerprint density at radius 2 is 1.12 bits per heavy atom. The van der Waals surface area contributed by atoms with E-state index in [4.69, 9.17) is 21.9 Å². The van der Waals surface area contributed by atoms with Crippen molar-refractivity contribution >= 4 is 29.3 Å². The molecule has 0 unspecified atom stereocenters. The highest BCUT2D eigenvalue weighted by atomic mass is 32.1. The van der Waals surface area contributed by atoms with Gasteiger partial charge in [-0.1, -0.05) is 60.7 Å². The van der Waals surface area contributed by atoms with Crippen LogP contribution in [0, 0.1) is 0 Å². The molecule has 2 aromatic rings. The zero-order valence-electron chi connectivity index (χ0n) is 14.4. The van der Waals surface area contributed by atoms with E-state index in [1.165, 1.54) is 24.0 Å². The third-order valence-electron chi connectivity index (χ3n) is 3.92. The van der Waals surface area contributed by atoms with Crippen molar-refractivity contribution in [2.45, 2.75) is 25.9 Å². The van der Waals surface area contributed by atoms with Crippen LogP contribution in [0.25, 0.3) is 0 Å². The fourth-order valence-electron chi connectivity index (χ4n) is 3.00. The Morgan fingerprint density at radius 1 is 0.769 bits per heavy atom. The van der Waals surface area contributed by atoms with Crippen LogP contribution in [0.1, 0.15) is 37.1 Å². The van der Waals surface area contributed by atoms with E-state index in [0.717, 1.165) is 11.1 Å². The molecule has 0 aromatic heterocycles. The molecule has 26 heavy (non-hydrogen) atoms. The molecule has 6 nitrogen and oxygen atoms in total. The number of hydrogen-bond donors (Lipinski definition) is 0. The fourth-order valence-corrected chi connectivity index (χ4v) is 3.30. The first-order valence-electron chi connectivity index (χ1n) is 8.08. The summed E-state index contributed by atoms with van der Waals surface area (Å²) >= 11 is 5.45. The Hall–Kier alpha value is -2.93. The summed E-state index contributed by atoms with van der Waals surface area (Å²) in [4.78, 5) is 34.0. The van der Waals surface area contributed by atoms with Gasteiger partial charge in [-0.2, -0.15) is 10.1 Å². The van der Waals surface area contributed by atoms with Gasteiger partial charge in [0.25, 0.3) is 0 Å². The molecule has 0 aliphatic carbocycles. The Labute approximate surface area is 156 Å². The number of carbonyl (C=O) groups excluding carboxylic acids is 2. The molecular formula is C19H18N2O4S. The van der Waals surface area contributed by atoms with Crippen LogP contribution in [-0.2, 0) is 19.3 Å². The minimum absolute atomic E-state index is 0.109. The van der Waals surface area contributed by atoms with Crippen LogP contribution in [0.15, 0.2) is 60.7 Å². The lowest BCUT2D eigenvalue weighted by molar-refractivity contribution is -0.176. The Balaban J connectivity index is 2.13. The van der Waals surface area contributed by atoms with Crippen molar-refractivity contribution in [1.29, 1.82) is 0 Å². The van der Waals surface area contributed by atoms with Crippen LogP contribution < -0.4 is 0 Å². The number of benzene rings is 2. The van der Waals surface area contributed by atoms with Crippen molar-refractivity contribution in [3.8, 4) is 0 Å². The zero-order valence-corrected chi connectivity index (χ0v) is 15.2. The molecule has 1 saturated heterocycles. The lowest BCUT2D eigenvalue weighted by Gasteiger charge is -2.26. The Kier molecular flexibility index (Phi) is 5.18. The van der Waals surface area contributed by atoms with Crippen LogP contribution >= 0.6 is 12.2 Å². The monoisotopic (exact) mass is 370 g/mol. The largest absolute Gasteiger partial charge is 0.338 e. The van der Waals surface area contributed by atoms with Crippen LogP contribution in [0.3, 0.4) is 0 Å². The normalized spacial score (nSPS) is 19.4. The average molecular weight is 370 g/mol. The van der Waals surface area contributed by atoms with Crippen molar-refractivity contribution in [2.75, 3.05) is 0 Å². The molecular weight excluding hydrogens is 352 g/mol. The van der Waals surface area contributed by atoms with Gasteiger partial charge in [0.1, 0.15) is 12.1 Å². The minimum atomic E-state index is -0.509. The summed E-state index contributed by atoms with van der Waals surface area (Å²) in [6.45, 7) is 2.60. The van der Waals surface area contributed by atoms with Gasteiger partial charge in [-0.25, -0.2) is 0 Å². The van der Waals surface area contributed by atoms with Gasteiger partial charge in [0.15, 0.2) is 0 Å². The quantitative estimate of drug-likeness (QED) is 0.765. The van der Waals surface area contributed by atoms with Gasteiger partial charge in [-0.3, -0.25) is 9.59 Å². The molecule has 1 fully saturated rings. The molecule has 0 radical (unpaired) electrons. The molecule has 0 saturated carbocycles. The standard InChI is InChI=1S/C19H18N2O4S/c1-13(22)24-20-17(15-9-5-3-6-10-15)18(16-11-7-4-8-12-16)21(19(20)26)25-14(2)23/h3-12,17-18H,1-2H3/t17-,18-/m1/s1. The van der Waals surface area contributed by atoms with E-state index in [0.29, 0.717) is 0 Å². The summed E-state index contributed by atoms with van der Waals surface area (Å²) < 4.78 is 0. The molecule has 1 aliphatic heterocycles. The molecule has 3 rings (SSSR count). The highest BCUT2D eigenvalue weighted by molar-refractivity contribution is 7.80. The molecule has 1 heterocycles. The van der Waals surface area contributed by atoms with E-state index >= 15 is 0 Å². The van der Waals surface area contributed by atoms with Crippen molar-refractivity contribution < 1.29 is 19.3 Å². The molecule has 0 spiro atoms. The molecule has 7 heteroatoms. The average Bonchev–Trinajstić information content (AvgIpc) is 2.88. The second-order valence-corrected chi connectivity index (χ2v) is 6.18. The van der Waals surface area contributed by atoms with E-state index in [2.05, 4.69) is 0 Å². The van der Waals surface area contributed by atoms with Crippen LogP contribution in [0.5, 0.6) is 0 Å². The third-order valence-corrected chi connectivity index (χ3v) is 4.28. The summed E-state index contributed by atoms with van der Waals surface area (Å²) in [6.07, 6.45) is 0. The fraction of sp³-hybridized carbons (Fsp3) is 0.211. The minimum Gasteiger partial charge on any atom is -0.338 e. The molecule has 1 aliphatic rings. The van der Waals surface area contributed by atoms with Crippen molar-refractivity contribution in [3.63, 3.8) is 0 Å². The van der Waals surface area contributed by atoms with Gasteiger partial charge >= 0.3 is 11.9 Å². The number of thiocarbonyl (C=S) groups is 1. The topological polar surface area (TPSA) is 59.1 Å². The highest BCUT2D eigenvalue weighted by Gasteiger charge is 2.49. The lowest BCUT2D eigenvalue weighted by Crippen LogP contribution is -2.34. The molecule has 0 N–H and O–H groups in total. The maximum Gasteiger partial charge on any atom is 0.329 e. The lowest BCUT2D eigenvalue weighted by atomic mass is 9.94. The Morgan fingerprint density at radius 3 is 1.42 bits per heavy atom. The molecule has 134 valence electrons. The molecule has 0 amide bonds. The van der Waals surface area contributed by atoms with E-state index in [1.807, 2.05) is 60.7 Å². The van der Waals surface area contributed by atoms with Crippen molar-refractivity contribution in [2.24, 2.45) is 0 Å². The van der Waals surface area contributed by atoms with Gasteiger partial charge < -0.3 is 9.68 Å². The van der Waals surface area contributed by atoms with Gasteiger partial charge in [0.2, 0.25) is 5.11 Å². The van der Waals surface area contributed by atoms with Gasteiger partial charge in [0, 0.05) is 13.8 Å². The maximum absolute atomic E-state index is 11.6. The maximum atomic E-state index is 11.6. The van der Waals surface area contributed by atoms with Crippen LogP contribution in [0.4, 0.5) is 0 Å². The summed E-state index contributed by atoms with van der Waals surface area (Å²) in [5.41, 5.74) is 1.75. The summed E-state index contributed by atoms with van der Waals surface area (Å²) in [7, 11) is 0. The second kappa shape index (κ2) is 7.53. The third kappa shape index (κ3) is 3.52. The van der Waals surface area contributed by atoms with E-state index in [9.17, 15) is 9.59 Å². The van der Waals surface area contributed by atoms with E-state index < -0.39 is 24.0 Å².